The van der Waals surface area contributed by atoms with Gasteiger partial charge in [-0.15, -0.1) is 0 Å². The third-order valence-corrected chi connectivity index (χ3v) is 5.36. The zero-order valence-electron chi connectivity index (χ0n) is 20.2. The summed E-state index contributed by atoms with van der Waals surface area (Å²) in [5.41, 5.74) is 0.978. The molecule has 2 aromatic rings. The summed E-state index contributed by atoms with van der Waals surface area (Å²) < 4.78 is 21.9. The number of nitrogens with zero attached hydrogens (tertiary/aromatic N) is 1. The summed E-state index contributed by atoms with van der Waals surface area (Å²) in [6.07, 6.45) is -0.0617. The van der Waals surface area contributed by atoms with Crippen molar-refractivity contribution in [2.75, 3.05) is 34.0 Å². The normalized spacial score (nSPS) is 17.4. The van der Waals surface area contributed by atoms with Crippen molar-refractivity contribution in [3.8, 4) is 17.2 Å². The maximum absolute atomic E-state index is 13.1. The number of ether oxygens (including phenoxy) is 4. The number of Topliss-reactive ketones (excluding diaryl/α,β-unsaturated/α-hetero) is 1. The Kier molecular flexibility index (Phi) is 8.17. The second kappa shape index (κ2) is 11.1. The molecule has 1 aliphatic rings. The lowest BCUT2D eigenvalue weighted by Crippen LogP contribution is -2.32. The number of carbonyl (C=O) groups is 2. The van der Waals surface area contributed by atoms with E-state index in [1.54, 1.807) is 42.5 Å². The summed E-state index contributed by atoms with van der Waals surface area (Å²) in [5.74, 6) is -0.185. The Morgan fingerprint density at radius 1 is 1.09 bits per heavy atom. The summed E-state index contributed by atoms with van der Waals surface area (Å²) >= 11 is 0. The fraction of sp³-hybridized carbons (Fsp3) is 0.385. The van der Waals surface area contributed by atoms with Crippen LogP contribution in [0.15, 0.2) is 48.0 Å². The van der Waals surface area contributed by atoms with Crippen LogP contribution in [0.4, 0.5) is 0 Å². The van der Waals surface area contributed by atoms with Gasteiger partial charge in [0.2, 0.25) is 0 Å². The lowest BCUT2D eigenvalue weighted by atomic mass is 9.95. The fourth-order valence-corrected chi connectivity index (χ4v) is 3.92. The van der Waals surface area contributed by atoms with Crippen molar-refractivity contribution in [1.29, 1.82) is 0 Å². The number of hydrogen-bond acceptors (Lipinski definition) is 7. The average Bonchev–Trinajstić information content (AvgIpc) is 3.07. The monoisotopic (exact) mass is 469 g/mol. The highest BCUT2D eigenvalue weighted by Gasteiger charge is 2.46. The number of likely N-dealkylation sites (tertiary alicyclic amines) is 1. The minimum Gasteiger partial charge on any atom is -0.507 e. The molecule has 1 saturated heterocycles. The van der Waals surface area contributed by atoms with Crippen LogP contribution in [0.25, 0.3) is 5.76 Å². The molecule has 2 aromatic carbocycles. The number of methoxy groups -OCH3 is 2. The number of amides is 1. The molecular weight excluding hydrogens is 438 g/mol. The molecule has 8 nitrogen and oxygen atoms in total. The first-order valence-corrected chi connectivity index (χ1v) is 11.2. The van der Waals surface area contributed by atoms with Crippen molar-refractivity contribution >= 4 is 17.4 Å². The van der Waals surface area contributed by atoms with Crippen LogP contribution in [0, 0.1) is 0 Å². The van der Waals surface area contributed by atoms with Crippen molar-refractivity contribution in [2.24, 2.45) is 0 Å². The molecular formula is C26H31NO7. The van der Waals surface area contributed by atoms with E-state index in [-0.39, 0.29) is 30.6 Å². The molecule has 8 heteroatoms. The molecule has 1 amide bonds. The summed E-state index contributed by atoms with van der Waals surface area (Å²) in [5, 5.41) is 11.2. The summed E-state index contributed by atoms with van der Waals surface area (Å²) in [7, 11) is 3.04. The second-order valence-electron chi connectivity index (χ2n) is 8.02. The summed E-state index contributed by atoms with van der Waals surface area (Å²) in [6, 6.07) is 11.2. The van der Waals surface area contributed by atoms with E-state index in [4.69, 9.17) is 18.9 Å². The maximum Gasteiger partial charge on any atom is 0.295 e. The number of carbonyl (C=O) groups excluding carboxylic acids is 2. The van der Waals surface area contributed by atoms with E-state index in [2.05, 4.69) is 0 Å². The molecule has 1 atom stereocenters. The fourth-order valence-electron chi connectivity index (χ4n) is 3.92. The Hall–Kier alpha value is -3.52. The molecule has 1 unspecified atom stereocenters. The van der Waals surface area contributed by atoms with Crippen LogP contribution in [-0.2, 0) is 14.3 Å². The van der Waals surface area contributed by atoms with Gasteiger partial charge >= 0.3 is 0 Å². The number of ketones is 1. The molecule has 1 fully saturated rings. The number of aliphatic hydroxyl groups is 1. The lowest BCUT2D eigenvalue weighted by molar-refractivity contribution is -0.140. The van der Waals surface area contributed by atoms with Crippen LogP contribution in [-0.4, -0.2) is 61.8 Å². The van der Waals surface area contributed by atoms with Crippen LogP contribution < -0.4 is 14.2 Å². The van der Waals surface area contributed by atoms with Gasteiger partial charge in [-0.3, -0.25) is 9.59 Å². The van der Waals surface area contributed by atoms with Crippen molar-refractivity contribution in [3.63, 3.8) is 0 Å². The average molecular weight is 470 g/mol. The zero-order chi connectivity index (χ0) is 24.8. The molecule has 0 radical (unpaired) electrons. The third kappa shape index (κ3) is 5.17. The van der Waals surface area contributed by atoms with Gasteiger partial charge in [0.15, 0.2) is 11.5 Å². The van der Waals surface area contributed by atoms with Gasteiger partial charge in [-0.1, -0.05) is 18.2 Å². The smallest absolute Gasteiger partial charge is 0.295 e. The van der Waals surface area contributed by atoms with Crippen LogP contribution in [0.2, 0.25) is 0 Å². The first kappa shape index (κ1) is 25.1. The van der Waals surface area contributed by atoms with Crippen molar-refractivity contribution < 1.29 is 33.6 Å². The predicted molar refractivity (Wildman–Crippen MR) is 127 cm³/mol. The molecule has 34 heavy (non-hydrogen) atoms. The molecule has 3 rings (SSSR count). The van der Waals surface area contributed by atoms with E-state index >= 15 is 0 Å². The Balaban J connectivity index is 2.16. The van der Waals surface area contributed by atoms with Gasteiger partial charge in [-0.25, -0.2) is 0 Å². The minimum absolute atomic E-state index is 0.00554. The maximum atomic E-state index is 13.1. The summed E-state index contributed by atoms with van der Waals surface area (Å²) in [4.78, 5) is 27.5. The highest BCUT2D eigenvalue weighted by Crippen LogP contribution is 2.42. The van der Waals surface area contributed by atoms with Crippen LogP contribution in [0.5, 0.6) is 17.2 Å². The second-order valence-corrected chi connectivity index (χ2v) is 8.02. The number of benzene rings is 2. The van der Waals surface area contributed by atoms with Crippen molar-refractivity contribution in [3.05, 3.63) is 59.2 Å². The number of aliphatic hydroxyl groups excluding tert-OH is 1. The number of hydrogen-bond donors (Lipinski definition) is 1. The van der Waals surface area contributed by atoms with E-state index in [1.807, 2.05) is 20.8 Å². The van der Waals surface area contributed by atoms with Crippen LogP contribution in [0.3, 0.4) is 0 Å². The van der Waals surface area contributed by atoms with E-state index in [0.717, 1.165) is 0 Å². The van der Waals surface area contributed by atoms with Crippen molar-refractivity contribution in [1.82, 2.24) is 4.90 Å². The number of rotatable bonds is 10. The van der Waals surface area contributed by atoms with Gasteiger partial charge in [0, 0.05) is 19.2 Å². The molecule has 0 spiro atoms. The van der Waals surface area contributed by atoms with Crippen molar-refractivity contribution in [2.45, 2.75) is 32.9 Å². The molecule has 1 aliphatic heterocycles. The topological polar surface area (TPSA) is 94.5 Å². The third-order valence-electron chi connectivity index (χ3n) is 5.36. The molecule has 1 heterocycles. The van der Waals surface area contributed by atoms with E-state index < -0.39 is 17.7 Å². The van der Waals surface area contributed by atoms with E-state index in [1.165, 1.54) is 19.1 Å². The molecule has 0 saturated carbocycles. The van der Waals surface area contributed by atoms with Gasteiger partial charge in [0.25, 0.3) is 11.7 Å². The molecule has 1 N–H and O–H groups in total. The predicted octanol–water partition coefficient (Wildman–Crippen LogP) is 3.95. The Morgan fingerprint density at radius 2 is 1.85 bits per heavy atom. The first-order chi connectivity index (χ1) is 16.3. The first-order valence-electron chi connectivity index (χ1n) is 11.2. The molecule has 0 bridgehead atoms. The largest absolute Gasteiger partial charge is 0.507 e. The molecule has 0 aromatic heterocycles. The Morgan fingerprint density at radius 3 is 2.50 bits per heavy atom. The van der Waals surface area contributed by atoms with Gasteiger partial charge in [-0.05, 0) is 50.6 Å². The Bertz CT molecular complexity index is 1080. The SMILES string of the molecule is CCOc1ccc(C2/C(=C(/O)c3cccc(OC(C)C)c3)C(=O)C(=O)N2CCOC)cc1OC. The highest BCUT2D eigenvalue weighted by atomic mass is 16.5. The van der Waals surface area contributed by atoms with Gasteiger partial charge in [-0.2, -0.15) is 0 Å². The summed E-state index contributed by atoms with van der Waals surface area (Å²) in [6.45, 7) is 6.52. The lowest BCUT2D eigenvalue weighted by Gasteiger charge is -2.25. The zero-order valence-corrected chi connectivity index (χ0v) is 20.2. The van der Waals surface area contributed by atoms with Gasteiger partial charge < -0.3 is 29.0 Å². The van der Waals surface area contributed by atoms with E-state index in [9.17, 15) is 14.7 Å². The quantitative estimate of drug-likeness (QED) is 0.320. The van der Waals surface area contributed by atoms with Gasteiger partial charge in [0.05, 0.1) is 38.0 Å². The van der Waals surface area contributed by atoms with E-state index in [0.29, 0.717) is 35.0 Å². The highest BCUT2D eigenvalue weighted by molar-refractivity contribution is 6.46. The molecule has 182 valence electrons. The standard InChI is InChI=1S/C26H31NO7/c1-6-33-20-11-10-17(15-21(20)32-5)23-22(25(29)26(30)27(23)12-13-31-4)24(28)18-8-7-9-19(14-18)34-16(2)3/h7-11,14-16,23,28H,6,12-13H2,1-5H3/b24-22-. The molecule has 0 aliphatic carbocycles. The minimum atomic E-state index is -0.825. The Labute approximate surface area is 199 Å². The van der Waals surface area contributed by atoms with Gasteiger partial charge in [0.1, 0.15) is 11.5 Å². The van der Waals surface area contributed by atoms with Crippen LogP contribution >= 0.6 is 0 Å². The van der Waals surface area contributed by atoms with Crippen LogP contribution in [0.1, 0.15) is 37.9 Å².